The first-order valence-electron chi connectivity index (χ1n) is 8.49. The first kappa shape index (κ1) is 18.2. The summed E-state index contributed by atoms with van der Waals surface area (Å²) in [6.07, 6.45) is 0. The van der Waals surface area contributed by atoms with E-state index in [1.807, 2.05) is 18.2 Å². The molecule has 2 nitrogen and oxygen atoms in total. The molecule has 0 atom stereocenters. The van der Waals surface area contributed by atoms with Crippen molar-refractivity contribution in [1.29, 1.82) is 0 Å². The van der Waals surface area contributed by atoms with Gasteiger partial charge in [0.25, 0.3) is 0 Å². The smallest absolute Gasteiger partial charge is 0.161 e. The number of thioether (sulfide) groups is 1. The third-order valence-corrected chi connectivity index (χ3v) is 5.22. The van der Waals surface area contributed by atoms with Gasteiger partial charge in [0.05, 0.1) is 5.52 Å². The van der Waals surface area contributed by atoms with Crippen LogP contribution in [0.5, 0.6) is 0 Å². The lowest BCUT2D eigenvalue weighted by atomic mass is 9.87. The Hall–Kier alpha value is -1.58. The molecule has 0 N–H and O–H groups in total. The van der Waals surface area contributed by atoms with Gasteiger partial charge in [0.15, 0.2) is 5.82 Å². The quantitative estimate of drug-likeness (QED) is 0.376. The average Bonchev–Trinajstić information content (AvgIpc) is 2.53. The minimum absolute atomic E-state index is 0.134. The van der Waals surface area contributed by atoms with E-state index in [1.54, 1.807) is 11.8 Å². The molecule has 0 radical (unpaired) electrons. The maximum Gasteiger partial charge on any atom is 0.161 e. The number of aromatic nitrogens is 2. The van der Waals surface area contributed by atoms with Gasteiger partial charge in [0, 0.05) is 21.2 Å². The van der Waals surface area contributed by atoms with Crippen LogP contribution in [0.3, 0.4) is 0 Å². The van der Waals surface area contributed by atoms with Gasteiger partial charge in [-0.1, -0.05) is 70.5 Å². The summed E-state index contributed by atoms with van der Waals surface area (Å²) in [5.41, 5.74) is 3.35. The lowest BCUT2D eigenvalue weighted by Crippen LogP contribution is -2.10. The van der Waals surface area contributed by atoms with Crippen molar-refractivity contribution < 1.29 is 0 Å². The highest BCUT2D eigenvalue weighted by atomic mass is 35.5. The van der Waals surface area contributed by atoms with E-state index in [-0.39, 0.29) is 5.41 Å². The van der Waals surface area contributed by atoms with E-state index in [0.29, 0.717) is 10.3 Å². The molecule has 130 valence electrons. The van der Waals surface area contributed by atoms with Crippen molar-refractivity contribution >= 4 is 34.3 Å². The zero-order valence-corrected chi connectivity index (χ0v) is 16.9. The Morgan fingerprint density at radius 1 is 0.960 bits per heavy atom. The van der Waals surface area contributed by atoms with E-state index in [0.717, 1.165) is 27.3 Å². The van der Waals surface area contributed by atoms with Crippen molar-refractivity contribution in [3.63, 3.8) is 0 Å². The summed E-state index contributed by atoms with van der Waals surface area (Å²) in [5, 5.41) is 3.20. The number of fused-ring (bicyclic) bond motifs is 1. The molecular weight excluding hydrogens is 348 g/mol. The van der Waals surface area contributed by atoms with Gasteiger partial charge in [-0.05, 0) is 29.2 Å². The Kier molecular flexibility index (Phi) is 5.08. The molecule has 25 heavy (non-hydrogen) atoms. The summed E-state index contributed by atoms with van der Waals surface area (Å²) in [4.78, 5) is 9.60. The number of nitrogens with zero attached hydrogens (tertiary/aromatic N) is 2. The summed E-state index contributed by atoms with van der Waals surface area (Å²) in [7, 11) is 0. The maximum absolute atomic E-state index is 6.18. The predicted molar refractivity (Wildman–Crippen MR) is 110 cm³/mol. The summed E-state index contributed by atoms with van der Waals surface area (Å²) in [6.45, 7) is 11.0. The molecule has 4 heteroatoms. The second-order valence-electron chi connectivity index (χ2n) is 7.51. The van der Waals surface area contributed by atoms with E-state index in [4.69, 9.17) is 21.6 Å². The van der Waals surface area contributed by atoms with Crippen molar-refractivity contribution in [2.45, 2.75) is 50.3 Å². The lowest BCUT2D eigenvalue weighted by molar-refractivity contribution is 0.590. The van der Waals surface area contributed by atoms with Gasteiger partial charge >= 0.3 is 0 Å². The van der Waals surface area contributed by atoms with Crippen LogP contribution in [-0.2, 0) is 5.41 Å². The van der Waals surface area contributed by atoms with E-state index in [1.165, 1.54) is 5.56 Å². The molecule has 0 saturated carbocycles. The van der Waals surface area contributed by atoms with Gasteiger partial charge < -0.3 is 0 Å². The maximum atomic E-state index is 6.18. The van der Waals surface area contributed by atoms with E-state index in [9.17, 15) is 0 Å². The monoisotopic (exact) mass is 370 g/mol. The first-order chi connectivity index (χ1) is 11.7. The second-order valence-corrected chi connectivity index (χ2v) is 9.51. The predicted octanol–water partition coefficient (Wildman–Crippen LogP) is 6.75. The van der Waals surface area contributed by atoms with Crippen molar-refractivity contribution in [2.75, 3.05) is 0 Å². The van der Waals surface area contributed by atoms with Crippen LogP contribution in [0.2, 0.25) is 5.02 Å². The van der Waals surface area contributed by atoms with Crippen molar-refractivity contribution in [3.8, 4) is 11.4 Å². The Morgan fingerprint density at radius 3 is 2.24 bits per heavy atom. The number of halogens is 1. The average molecular weight is 371 g/mol. The molecule has 0 bridgehead atoms. The van der Waals surface area contributed by atoms with Crippen LogP contribution in [0.4, 0.5) is 0 Å². The Labute approximate surface area is 159 Å². The normalized spacial score (nSPS) is 12.1. The lowest BCUT2D eigenvalue weighted by Gasteiger charge is -2.19. The summed E-state index contributed by atoms with van der Waals surface area (Å²) < 4.78 is 0. The van der Waals surface area contributed by atoms with Crippen LogP contribution in [0.15, 0.2) is 47.5 Å². The fourth-order valence-electron chi connectivity index (χ4n) is 2.64. The molecule has 3 aromatic rings. The minimum Gasteiger partial charge on any atom is -0.228 e. The van der Waals surface area contributed by atoms with Gasteiger partial charge in [-0.25, -0.2) is 9.97 Å². The van der Waals surface area contributed by atoms with E-state index < -0.39 is 0 Å². The van der Waals surface area contributed by atoms with Gasteiger partial charge in [-0.15, -0.1) is 11.8 Å². The molecule has 1 aromatic heterocycles. The number of hydrogen-bond donors (Lipinski definition) is 0. The van der Waals surface area contributed by atoms with Gasteiger partial charge in [0.1, 0.15) is 5.03 Å². The summed E-state index contributed by atoms with van der Waals surface area (Å²) >= 11 is 7.93. The Bertz CT molecular complexity index is 896. The molecule has 0 aliphatic carbocycles. The zero-order chi connectivity index (χ0) is 18.2. The van der Waals surface area contributed by atoms with Crippen LogP contribution < -0.4 is 0 Å². The number of rotatable bonds is 3. The Morgan fingerprint density at radius 2 is 1.64 bits per heavy atom. The number of benzene rings is 2. The van der Waals surface area contributed by atoms with E-state index in [2.05, 4.69) is 58.9 Å². The summed E-state index contributed by atoms with van der Waals surface area (Å²) in [5.74, 6) is 0.748. The van der Waals surface area contributed by atoms with Crippen LogP contribution in [0.1, 0.15) is 40.2 Å². The topological polar surface area (TPSA) is 25.8 Å². The molecule has 2 aromatic carbocycles. The van der Waals surface area contributed by atoms with Gasteiger partial charge in [-0.2, -0.15) is 0 Å². The van der Waals surface area contributed by atoms with Gasteiger partial charge in [0.2, 0.25) is 0 Å². The van der Waals surface area contributed by atoms with Crippen LogP contribution in [0, 0.1) is 0 Å². The van der Waals surface area contributed by atoms with Gasteiger partial charge in [-0.3, -0.25) is 0 Å². The van der Waals surface area contributed by atoms with E-state index >= 15 is 0 Å². The second kappa shape index (κ2) is 6.97. The fourth-order valence-corrected chi connectivity index (χ4v) is 3.69. The highest BCUT2D eigenvalue weighted by Gasteiger charge is 2.15. The molecule has 0 unspecified atom stereocenters. The zero-order valence-electron chi connectivity index (χ0n) is 15.3. The van der Waals surface area contributed by atoms with Crippen molar-refractivity contribution in [1.82, 2.24) is 9.97 Å². The van der Waals surface area contributed by atoms with Crippen LogP contribution in [-0.4, -0.2) is 15.2 Å². The molecule has 0 aliphatic heterocycles. The molecule has 3 rings (SSSR count). The van der Waals surface area contributed by atoms with Crippen molar-refractivity contribution in [3.05, 3.63) is 53.1 Å². The highest BCUT2D eigenvalue weighted by Crippen LogP contribution is 2.32. The molecule has 0 amide bonds. The number of hydrogen-bond acceptors (Lipinski definition) is 3. The van der Waals surface area contributed by atoms with Crippen LogP contribution >= 0.6 is 23.4 Å². The summed E-state index contributed by atoms with van der Waals surface area (Å²) in [6, 6.07) is 14.4. The molecule has 1 heterocycles. The molecule has 0 fully saturated rings. The fraction of sp³-hybridized carbons (Fsp3) is 0.333. The third-order valence-electron chi connectivity index (χ3n) is 3.98. The largest absolute Gasteiger partial charge is 0.228 e. The third kappa shape index (κ3) is 4.16. The molecule has 0 saturated heterocycles. The van der Waals surface area contributed by atoms with Crippen LogP contribution in [0.25, 0.3) is 22.3 Å². The highest BCUT2D eigenvalue weighted by molar-refractivity contribution is 8.00. The molecule has 0 aliphatic rings. The minimum atomic E-state index is 0.134. The molecular formula is C21H23ClN2S. The SMILES string of the molecule is CC(C)Sc1nc(-c2ccc(C(C)(C)C)cc2)nc2cc(Cl)ccc12. The first-order valence-corrected chi connectivity index (χ1v) is 9.74. The van der Waals surface area contributed by atoms with Crippen molar-refractivity contribution in [2.24, 2.45) is 0 Å². The Balaban J connectivity index is 2.12. The molecule has 0 spiro atoms. The standard InChI is InChI=1S/C21H23ClN2S/c1-13(2)25-20-17-11-10-16(22)12-18(17)23-19(24-20)14-6-8-15(9-7-14)21(3,4)5/h6-13H,1-5H3.